The third-order valence-corrected chi connectivity index (χ3v) is 28.6. The van der Waals surface area contributed by atoms with Crippen LogP contribution in [0.2, 0.25) is 0 Å². The number of nitrogens with one attached hydrogen (secondary N) is 2. The number of amides is 2. The van der Waals surface area contributed by atoms with Gasteiger partial charge in [0.15, 0.2) is 5.71 Å². The molecule has 0 bridgehead atoms. The molecule has 6 aromatic carbocycles. The van der Waals surface area contributed by atoms with Gasteiger partial charge >= 0.3 is 0 Å². The molecule has 9 rings (SSSR count). The number of allylic oxidation sites excluding steroid dienone is 7. The standard InChI is InChI=1S/C78H96N4O13P2S3/c1-77(2)67-36-17-19-38-69(67)81(49-21-23-56-99(87,88)89)71(77)42-40-65-34-25-35-66(41-43-72-78(3,4)68-37-18-20-39-70(68)82(72)50-22-24-57-100(90,91)92)76(65)98-55-46-73(83)79-47-51-93-52-48-80-74(84)58-75(96(85,53-44-61-26-9-5-10-27-61)94-59-63-30-13-7-14-31-63)97(86,54-45-62-28-11-6-12-29-62)95-60-64-32-15-8-16-33-64/h5-20,26-33,36-43,75H,21-25,34-35,44-60H2,1-4H3,(H3-,79,80,83,84,87,88,89,90,91,92)/p-1. The summed E-state index contributed by atoms with van der Waals surface area (Å²) < 4.78 is 123. The Morgan fingerprint density at radius 2 is 1.12 bits per heavy atom. The molecule has 2 aliphatic heterocycles. The number of hydrogen-bond donors (Lipinski definition) is 2. The Morgan fingerprint density at radius 3 is 1.69 bits per heavy atom. The molecule has 2 unspecified atom stereocenters. The van der Waals surface area contributed by atoms with Crippen LogP contribution in [0.3, 0.4) is 0 Å². The number of fused-ring (bicyclic) bond motifs is 2. The first-order valence-electron chi connectivity index (χ1n) is 34.6. The number of hydrogen-bond acceptors (Lipinski definition) is 15. The monoisotopic (exact) mass is 1450 g/mol. The molecule has 100 heavy (non-hydrogen) atoms. The molecule has 6 aromatic rings. The summed E-state index contributed by atoms with van der Waals surface area (Å²) in [6.07, 6.45) is 13.2. The molecule has 22 heteroatoms. The molecule has 3 aliphatic rings. The summed E-state index contributed by atoms with van der Waals surface area (Å²) in [5, 5.41) is 4.64. The molecule has 2 amide bonds. The molecule has 2 N–H and O–H groups in total. The van der Waals surface area contributed by atoms with Crippen LogP contribution in [0.1, 0.15) is 119 Å². The van der Waals surface area contributed by atoms with Gasteiger partial charge in [-0.15, -0.1) is 11.8 Å². The molecule has 534 valence electrons. The minimum atomic E-state index is -4.36. The van der Waals surface area contributed by atoms with E-state index >= 15 is 9.13 Å². The lowest BCUT2D eigenvalue weighted by Gasteiger charge is -2.34. The first kappa shape index (κ1) is 77.4. The van der Waals surface area contributed by atoms with Crippen LogP contribution in [0, 0.1) is 0 Å². The van der Waals surface area contributed by atoms with E-state index in [1.165, 1.54) is 0 Å². The highest BCUT2D eigenvalue weighted by atomic mass is 32.2. The van der Waals surface area contributed by atoms with Gasteiger partial charge in [0, 0.05) is 108 Å². The van der Waals surface area contributed by atoms with Crippen molar-refractivity contribution in [2.45, 2.75) is 128 Å². The van der Waals surface area contributed by atoms with Gasteiger partial charge < -0.3 is 38.4 Å². The van der Waals surface area contributed by atoms with Crippen molar-refractivity contribution < 1.29 is 63.0 Å². The number of aryl methyl sites for hydroxylation is 2. The third-order valence-electron chi connectivity index (χ3n) is 18.7. The SMILES string of the molecule is CC1(C)C(/C=C/C2=C(SCCC(=O)NCCOCCNC(=O)CC(P(=O)(CCc3ccccc3)OCc3ccccc3)P(=O)(CCc3ccccc3)OCc3ccccc3)C(=C/C=C3/N(CCCCS(=O)(=O)[O-])c4ccccc4C3(C)C)/CCC2)=[N+](CCCCS(=O)(=O)[O-])c2ccccc21. The summed E-state index contributed by atoms with van der Waals surface area (Å²) in [6, 6.07) is 54.4. The second kappa shape index (κ2) is 36.4. The molecule has 0 fully saturated rings. The van der Waals surface area contributed by atoms with Crippen LogP contribution < -0.4 is 15.5 Å². The van der Waals surface area contributed by atoms with Crippen LogP contribution in [-0.4, -0.2) is 122 Å². The molecule has 2 heterocycles. The lowest BCUT2D eigenvalue weighted by Crippen LogP contribution is -2.33. The quantitative estimate of drug-likeness (QED) is 0.0158. The van der Waals surface area contributed by atoms with E-state index in [2.05, 4.69) is 96.4 Å². The topological polar surface area (TPSA) is 241 Å². The Morgan fingerprint density at radius 1 is 0.610 bits per heavy atom. The molecule has 17 nitrogen and oxygen atoms in total. The Hall–Kier alpha value is -6.80. The van der Waals surface area contributed by atoms with Gasteiger partial charge in [0.05, 0.1) is 52.1 Å². The zero-order chi connectivity index (χ0) is 71.2. The number of rotatable bonds is 39. The zero-order valence-electron chi connectivity index (χ0n) is 57.8. The average molecular weight is 1450 g/mol. The first-order valence-corrected chi connectivity index (χ1v) is 42.5. The number of nitrogens with zero attached hydrogens (tertiary/aromatic N) is 2. The van der Waals surface area contributed by atoms with Crippen LogP contribution in [0.25, 0.3) is 0 Å². The number of anilines is 1. The Bertz CT molecular complexity index is 4040. The van der Waals surface area contributed by atoms with Gasteiger partial charge in [-0.3, -0.25) is 18.7 Å². The highest BCUT2D eigenvalue weighted by Gasteiger charge is 2.49. The van der Waals surface area contributed by atoms with Crippen molar-refractivity contribution in [2.75, 3.05) is 73.9 Å². The predicted octanol–water partition coefficient (Wildman–Crippen LogP) is 14.9. The van der Waals surface area contributed by atoms with Crippen molar-refractivity contribution in [2.24, 2.45) is 0 Å². The van der Waals surface area contributed by atoms with Gasteiger partial charge in [0.2, 0.25) is 32.2 Å². The maximum absolute atomic E-state index is 16.0. The van der Waals surface area contributed by atoms with Crippen LogP contribution in [0.5, 0.6) is 0 Å². The average Bonchev–Trinajstić information content (AvgIpc) is 1.58. The largest absolute Gasteiger partial charge is 0.748 e. The summed E-state index contributed by atoms with van der Waals surface area (Å²) in [6.45, 7) is 10.3. The number of unbranched alkanes of at least 4 members (excludes halogenated alkanes) is 2. The van der Waals surface area contributed by atoms with E-state index in [1.807, 2.05) is 146 Å². The molecule has 0 aromatic heterocycles. The van der Waals surface area contributed by atoms with Crippen molar-refractivity contribution in [1.82, 2.24) is 10.6 Å². The molecule has 1 aliphatic carbocycles. The Balaban J connectivity index is 0.880. The van der Waals surface area contributed by atoms with Crippen LogP contribution in [0.4, 0.5) is 11.4 Å². The molecular weight excluding hydrogens is 1360 g/mol. The van der Waals surface area contributed by atoms with E-state index in [9.17, 15) is 35.5 Å². The van der Waals surface area contributed by atoms with E-state index in [4.69, 9.17) is 13.8 Å². The van der Waals surface area contributed by atoms with E-state index in [1.54, 1.807) is 11.8 Å². The van der Waals surface area contributed by atoms with E-state index in [0.717, 1.165) is 91.5 Å². The van der Waals surface area contributed by atoms with Crippen molar-refractivity contribution in [1.29, 1.82) is 0 Å². The van der Waals surface area contributed by atoms with Gasteiger partial charge in [-0.05, 0) is 116 Å². The van der Waals surface area contributed by atoms with Crippen molar-refractivity contribution in [3.8, 4) is 0 Å². The molecule has 0 saturated heterocycles. The smallest absolute Gasteiger partial charge is 0.221 e. The number of carbonyl (C=O) groups is 2. The first-order chi connectivity index (χ1) is 47.9. The van der Waals surface area contributed by atoms with Crippen LogP contribution in [0.15, 0.2) is 216 Å². The molecule has 0 radical (unpaired) electrons. The second-order valence-corrected chi connectivity index (χ2v) is 36.8. The van der Waals surface area contributed by atoms with Gasteiger partial charge in [0.25, 0.3) is 0 Å². The summed E-state index contributed by atoms with van der Waals surface area (Å²) in [5.41, 5.74) is 11.3. The van der Waals surface area contributed by atoms with Crippen molar-refractivity contribution in [3.05, 3.63) is 249 Å². The number of thioether (sulfide) groups is 1. The normalized spacial score (nSPS) is 17.5. The Kier molecular flexibility index (Phi) is 28.1. The molecule has 2 atom stereocenters. The minimum absolute atomic E-state index is 0.0218. The fourth-order valence-electron chi connectivity index (χ4n) is 13.3. The van der Waals surface area contributed by atoms with E-state index < -0.39 is 68.6 Å². The number of benzene rings is 6. The second-order valence-electron chi connectivity index (χ2n) is 26.7. The molecular formula is C78H95N4O13P2S3-. The highest BCUT2D eigenvalue weighted by Crippen LogP contribution is 2.71. The van der Waals surface area contributed by atoms with Gasteiger partial charge in [0.1, 0.15) is 11.9 Å². The van der Waals surface area contributed by atoms with Crippen LogP contribution in [-0.2, 0) is 89.6 Å². The summed E-state index contributed by atoms with van der Waals surface area (Å²) in [7, 11) is -16.7. The fraction of sp³-hybridized carbons (Fsp3) is 0.397. The van der Waals surface area contributed by atoms with Crippen LogP contribution >= 0.6 is 26.5 Å². The van der Waals surface area contributed by atoms with Gasteiger partial charge in [-0.25, -0.2) is 16.8 Å². The predicted molar refractivity (Wildman–Crippen MR) is 400 cm³/mol. The Labute approximate surface area is 596 Å². The highest BCUT2D eigenvalue weighted by molar-refractivity contribution is 8.03. The van der Waals surface area contributed by atoms with E-state index in [0.29, 0.717) is 44.5 Å². The van der Waals surface area contributed by atoms with Crippen molar-refractivity contribution in [3.63, 3.8) is 0 Å². The lowest BCUT2D eigenvalue weighted by atomic mass is 9.81. The third kappa shape index (κ3) is 22.1. The summed E-state index contributed by atoms with van der Waals surface area (Å²) >= 11 is 1.63. The lowest BCUT2D eigenvalue weighted by molar-refractivity contribution is -0.438. The van der Waals surface area contributed by atoms with E-state index in [-0.39, 0.29) is 83.4 Å². The van der Waals surface area contributed by atoms with Gasteiger partial charge in [-0.1, -0.05) is 184 Å². The molecule has 0 saturated carbocycles. The van der Waals surface area contributed by atoms with Gasteiger partial charge in [-0.2, -0.15) is 4.58 Å². The fourth-order valence-corrected chi connectivity index (χ4v) is 22.9. The maximum Gasteiger partial charge on any atom is 0.221 e. The minimum Gasteiger partial charge on any atom is -0.748 e. The zero-order valence-corrected chi connectivity index (χ0v) is 62.1. The number of ether oxygens (including phenoxy) is 1. The number of para-hydroxylation sites is 2. The summed E-state index contributed by atoms with van der Waals surface area (Å²) in [4.78, 5) is 31.3. The molecule has 0 spiro atoms. The summed E-state index contributed by atoms with van der Waals surface area (Å²) in [5.74, 6) is -1.04. The maximum atomic E-state index is 16.0. The number of carbonyl (C=O) groups excluding carboxylic acids is 2. The van der Waals surface area contributed by atoms with Crippen molar-refractivity contribution >= 4 is 75.6 Å².